The van der Waals surface area contributed by atoms with E-state index in [2.05, 4.69) is 11.2 Å². The van der Waals surface area contributed by atoms with Gasteiger partial charge in [0.25, 0.3) is 0 Å². The number of ether oxygens (including phenoxy) is 2. The second kappa shape index (κ2) is 10.1. The van der Waals surface area contributed by atoms with E-state index in [4.69, 9.17) is 25.9 Å². The molecule has 6 nitrogen and oxygen atoms in total. The Morgan fingerprint density at radius 1 is 1.09 bits per heavy atom. The number of methoxy groups -OCH3 is 1. The van der Waals surface area contributed by atoms with Crippen molar-refractivity contribution in [2.24, 2.45) is 5.16 Å². The Balaban J connectivity index is 1.55. The number of rotatable bonds is 6. The molecule has 0 fully saturated rings. The molecule has 0 spiro atoms. The maximum absolute atomic E-state index is 10.3. The Morgan fingerprint density at radius 3 is 2.51 bits per heavy atom. The number of oxime groups is 1. The van der Waals surface area contributed by atoms with Gasteiger partial charge < -0.3 is 14.3 Å². The maximum atomic E-state index is 10.3. The van der Waals surface area contributed by atoms with E-state index in [-0.39, 0.29) is 5.92 Å². The van der Waals surface area contributed by atoms with Gasteiger partial charge in [0.05, 0.1) is 18.7 Å². The van der Waals surface area contributed by atoms with Crippen LogP contribution in [0, 0.1) is 11.3 Å². The molecule has 1 aliphatic heterocycles. The Labute approximate surface area is 209 Å². The van der Waals surface area contributed by atoms with Gasteiger partial charge in [-0.25, -0.2) is 0 Å². The van der Waals surface area contributed by atoms with Crippen LogP contribution >= 0.6 is 11.6 Å². The molecule has 1 atom stereocenters. The molecule has 7 heteroatoms. The highest BCUT2D eigenvalue weighted by Gasteiger charge is 2.38. The summed E-state index contributed by atoms with van der Waals surface area (Å²) in [7, 11) is 1.64. The Kier molecular flexibility index (Phi) is 6.60. The summed E-state index contributed by atoms with van der Waals surface area (Å²) in [5.41, 5.74) is 4.18. The van der Waals surface area contributed by atoms with Gasteiger partial charge in [0, 0.05) is 29.4 Å². The predicted molar refractivity (Wildman–Crippen MR) is 135 cm³/mol. The molecule has 1 aliphatic carbocycles. The van der Waals surface area contributed by atoms with Crippen molar-refractivity contribution in [1.82, 2.24) is 4.57 Å². The molecule has 2 aliphatic rings. The van der Waals surface area contributed by atoms with Crippen molar-refractivity contribution in [2.45, 2.75) is 31.8 Å². The highest BCUT2D eigenvalue weighted by atomic mass is 35.5. The van der Waals surface area contributed by atoms with Gasteiger partial charge in [-0.3, -0.25) is 4.57 Å². The molecule has 2 heterocycles. The maximum Gasteiger partial charge on any atom is 0.218 e. The van der Waals surface area contributed by atoms with Gasteiger partial charge in [0.2, 0.25) is 5.88 Å². The van der Waals surface area contributed by atoms with E-state index >= 15 is 0 Å². The fourth-order valence-corrected chi connectivity index (χ4v) is 4.61. The predicted octanol–water partition coefficient (Wildman–Crippen LogP) is 6.67. The van der Waals surface area contributed by atoms with Gasteiger partial charge in [0.15, 0.2) is 0 Å². The normalized spacial score (nSPS) is 18.7. The molecule has 0 saturated heterocycles. The fraction of sp³-hybridized carbons (Fsp3) is 0.214. The molecule has 3 aromatic rings. The average molecular weight is 486 g/mol. The molecule has 0 saturated carbocycles. The van der Waals surface area contributed by atoms with E-state index in [9.17, 15) is 5.26 Å². The smallest absolute Gasteiger partial charge is 0.218 e. The van der Waals surface area contributed by atoms with Crippen LogP contribution in [0.5, 0.6) is 5.75 Å². The van der Waals surface area contributed by atoms with Crippen molar-refractivity contribution in [3.8, 4) is 11.8 Å². The van der Waals surface area contributed by atoms with Crippen molar-refractivity contribution in [3.63, 3.8) is 0 Å². The molecule has 0 amide bonds. The third kappa shape index (κ3) is 4.68. The first-order valence-corrected chi connectivity index (χ1v) is 11.8. The zero-order valence-corrected chi connectivity index (χ0v) is 20.0. The summed E-state index contributed by atoms with van der Waals surface area (Å²) in [6.07, 6.45) is 6.17. The first-order chi connectivity index (χ1) is 17.2. The van der Waals surface area contributed by atoms with Crippen LogP contribution in [0.2, 0.25) is 5.02 Å². The van der Waals surface area contributed by atoms with E-state index < -0.39 is 0 Å². The molecule has 0 unspecified atom stereocenters. The molecule has 0 N–H and O–H groups in total. The second-order valence-corrected chi connectivity index (χ2v) is 8.79. The second-order valence-electron chi connectivity index (χ2n) is 8.36. The monoisotopic (exact) mass is 485 g/mol. The number of allylic oxidation sites excluding steroid dienone is 3. The van der Waals surface area contributed by atoms with E-state index in [0.717, 1.165) is 53.2 Å². The number of halogens is 1. The van der Waals surface area contributed by atoms with Crippen LogP contribution in [-0.2, 0) is 16.2 Å². The van der Waals surface area contributed by atoms with Gasteiger partial charge >= 0.3 is 0 Å². The van der Waals surface area contributed by atoms with Crippen molar-refractivity contribution in [3.05, 3.63) is 106 Å². The number of hydrogen-bond donors (Lipinski definition) is 0. The molecule has 5 rings (SSSR count). The van der Waals surface area contributed by atoms with Crippen LogP contribution in [0.4, 0.5) is 0 Å². The zero-order valence-electron chi connectivity index (χ0n) is 19.3. The van der Waals surface area contributed by atoms with Crippen molar-refractivity contribution in [1.29, 1.82) is 5.26 Å². The van der Waals surface area contributed by atoms with Crippen molar-refractivity contribution < 1.29 is 14.3 Å². The third-order valence-electron chi connectivity index (χ3n) is 6.18. The van der Waals surface area contributed by atoms with Gasteiger partial charge in [-0.05, 0) is 60.4 Å². The van der Waals surface area contributed by atoms with Crippen LogP contribution in [0.1, 0.15) is 36.3 Å². The minimum atomic E-state index is -0.328. The van der Waals surface area contributed by atoms with Crippen molar-refractivity contribution in [2.75, 3.05) is 7.11 Å². The lowest BCUT2D eigenvalue weighted by atomic mass is 9.77. The molecule has 35 heavy (non-hydrogen) atoms. The van der Waals surface area contributed by atoms with Gasteiger partial charge in [-0.15, -0.1) is 0 Å². The molecule has 176 valence electrons. The Bertz CT molecular complexity index is 1330. The Morgan fingerprint density at radius 2 is 1.83 bits per heavy atom. The molecule has 0 bridgehead atoms. The third-order valence-corrected chi connectivity index (χ3v) is 6.44. The SMILES string of the molecule is COc1ccc([C@@H]2C(C#N)=C(n3cccc3)OC3=C2/C(=N\OCc2ccc(Cl)cc2)CCC3)cc1. The molecular weight excluding hydrogens is 462 g/mol. The largest absolute Gasteiger partial charge is 0.497 e. The lowest BCUT2D eigenvalue weighted by Crippen LogP contribution is -2.26. The number of hydrogen-bond acceptors (Lipinski definition) is 5. The zero-order chi connectivity index (χ0) is 24.2. The first-order valence-electron chi connectivity index (χ1n) is 11.4. The first kappa shape index (κ1) is 22.8. The highest BCUT2D eigenvalue weighted by molar-refractivity contribution is 6.30. The van der Waals surface area contributed by atoms with E-state index in [0.29, 0.717) is 23.1 Å². The number of aromatic nitrogens is 1. The summed E-state index contributed by atoms with van der Waals surface area (Å²) in [4.78, 5) is 5.77. The fourth-order valence-electron chi connectivity index (χ4n) is 4.48. The summed E-state index contributed by atoms with van der Waals surface area (Å²) < 4.78 is 13.6. The van der Waals surface area contributed by atoms with Gasteiger partial charge in [-0.2, -0.15) is 5.26 Å². The van der Waals surface area contributed by atoms with Crippen LogP contribution < -0.4 is 4.74 Å². The van der Waals surface area contributed by atoms with Crippen LogP contribution in [0.3, 0.4) is 0 Å². The average Bonchev–Trinajstić information content (AvgIpc) is 3.44. The minimum absolute atomic E-state index is 0.326. The summed E-state index contributed by atoms with van der Waals surface area (Å²) in [5, 5.41) is 15.5. The van der Waals surface area contributed by atoms with E-state index in [1.165, 1.54) is 0 Å². The summed E-state index contributed by atoms with van der Waals surface area (Å²) >= 11 is 5.98. The molecule has 2 aromatic carbocycles. The topological polar surface area (TPSA) is 68.8 Å². The van der Waals surface area contributed by atoms with Crippen LogP contribution in [0.15, 0.2) is 95.1 Å². The van der Waals surface area contributed by atoms with Crippen LogP contribution in [0.25, 0.3) is 5.88 Å². The summed E-state index contributed by atoms with van der Waals surface area (Å²) in [5.74, 6) is 1.78. The lowest BCUT2D eigenvalue weighted by molar-refractivity contribution is 0.129. The van der Waals surface area contributed by atoms with Gasteiger partial charge in [0.1, 0.15) is 29.8 Å². The van der Waals surface area contributed by atoms with Gasteiger partial charge in [-0.1, -0.05) is 41.0 Å². The standard InChI is InChI=1S/C28H24ClN3O3/c1-33-22-13-9-20(10-14-22)26-23(17-30)28(32-15-2-3-16-32)35-25-6-4-5-24(27(25)26)31-34-18-19-7-11-21(29)12-8-19/h2-3,7-16,26H,4-6,18H2,1H3/b31-24-/t26-/m1/s1. The highest BCUT2D eigenvalue weighted by Crippen LogP contribution is 2.46. The quantitative estimate of drug-likeness (QED) is 0.366. The molecule has 0 radical (unpaired) electrons. The van der Waals surface area contributed by atoms with Crippen molar-refractivity contribution >= 4 is 23.2 Å². The van der Waals surface area contributed by atoms with E-state index in [1.807, 2.05) is 77.6 Å². The van der Waals surface area contributed by atoms with Crippen LogP contribution in [-0.4, -0.2) is 17.4 Å². The number of nitriles is 1. The molecular formula is C28H24ClN3O3. The lowest BCUT2D eigenvalue weighted by Gasteiger charge is -2.33. The summed E-state index contributed by atoms with van der Waals surface area (Å²) in [6, 6.07) is 21.5. The number of nitrogens with zero attached hydrogens (tertiary/aromatic N) is 3. The summed E-state index contributed by atoms with van der Waals surface area (Å²) in [6.45, 7) is 0.326. The van der Waals surface area contributed by atoms with E-state index in [1.54, 1.807) is 7.11 Å². The molecule has 1 aromatic heterocycles. The number of benzene rings is 2. The minimum Gasteiger partial charge on any atom is -0.497 e. The Hall–Kier alpha value is -3.95.